The first kappa shape index (κ1) is 31.6. The molecule has 47 heavy (non-hydrogen) atoms. The van der Waals surface area contributed by atoms with Crippen LogP contribution in [0.2, 0.25) is 5.02 Å². The number of hydrogen-bond acceptors (Lipinski definition) is 5. The lowest BCUT2D eigenvalue weighted by Gasteiger charge is -2.09. The Bertz CT molecular complexity index is 2100. The summed E-state index contributed by atoms with van der Waals surface area (Å²) < 4.78 is 29.3. The lowest BCUT2D eigenvalue weighted by molar-refractivity contribution is 0.0955. The number of benzene rings is 4. The van der Waals surface area contributed by atoms with E-state index in [1.165, 1.54) is 17.8 Å². The highest BCUT2D eigenvalue weighted by Gasteiger charge is 2.17. The van der Waals surface area contributed by atoms with E-state index < -0.39 is 5.82 Å². The predicted molar refractivity (Wildman–Crippen MR) is 183 cm³/mol. The molecular weight excluding hydrogens is 617 g/mol. The van der Waals surface area contributed by atoms with Gasteiger partial charge in [0.25, 0.3) is 5.91 Å². The number of aryl methyl sites for hydroxylation is 1. The van der Waals surface area contributed by atoms with Crippen LogP contribution in [0.1, 0.15) is 38.3 Å². The van der Waals surface area contributed by atoms with Crippen molar-refractivity contribution in [2.75, 3.05) is 14.2 Å². The molecule has 0 spiro atoms. The number of nitrogens with zero attached hydrogens (tertiary/aromatic N) is 4. The number of rotatable bonds is 10. The van der Waals surface area contributed by atoms with Crippen molar-refractivity contribution in [2.45, 2.75) is 26.9 Å². The van der Waals surface area contributed by atoms with Crippen molar-refractivity contribution in [1.82, 2.24) is 19.8 Å². The van der Waals surface area contributed by atoms with Gasteiger partial charge in [-0.05, 0) is 73.5 Å². The summed E-state index contributed by atoms with van der Waals surface area (Å²) in [4.78, 5) is 13.3. The van der Waals surface area contributed by atoms with E-state index in [-0.39, 0.29) is 12.5 Å². The summed E-state index contributed by atoms with van der Waals surface area (Å²) in [7, 11) is 3.11. The van der Waals surface area contributed by atoms with Crippen LogP contribution < -0.4 is 14.9 Å². The van der Waals surface area contributed by atoms with Crippen LogP contribution >= 0.6 is 11.6 Å². The average molecular weight is 650 g/mol. The molecule has 2 aromatic heterocycles. The molecule has 238 valence electrons. The smallest absolute Gasteiger partial charge is 0.271 e. The van der Waals surface area contributed by atoms with Gasteiger partial charge in [0.05, 0.1) is 27.0 Å². The summed E-state index contributed by atoms with van der Waals surface area (Å²) in [6.45, 7) is 5.00. The van der Waals surface area contributed by atoms with Gasteiger partial charge in [-0.2, -0.15) is 10.2 Å². The van der Waals surface area contributed by atoms with Gasteiger partial charge in [0.15, 0.2) is 11.5 Å². The van der Waals surface area contributed by atoms with Crippen LogP contribution in [0, 0.1) is 19.7 Å². The molecule has 0 bridgehead atoms. The number of halogens is 2. The number of fused-ring (bicyclic) bond motifs is 1. The van der Waals surface area contributed by atoms with Crippen LogP contribution in [0.5, 0.6) is 11.5 Å². The predicted octanol–water partition coefficient (Wildman–Crippen LogP) is 7.79. The molecule has 0 saturated heterocycles. The number of hydrogen-bond donors (Lipinski definition) is 1. The lowest BCUT2D eigenvalue weighted by atomic mass is 10.1. The van der Waals surface area contributed by atoms with Crippen molar-refractivity contribution in [3.63, 3.8) is 0 Å². The number of aromatic nitrogens is 3. The fourth-order valence-corrected chi connectivity index (χ4v) is 5.87. The van der Waals surface area contributed by atoms with E-state index in [1.807, 2.05) is 36.4 Å². The van der Waals surface area contributed by atoms with E-state index in [4.69, 9.17) is 26.2 Å². The summed E-state index contributed by atoms with van der Waals surface area (Å²) in [6, 6.07) is 25.9. The van der Waals surface area contributed by atoms with Crippen molar-refractivity contribution >= 4 is 34.6 Å². The van der Waals surface area contributed by atoms with Crippen molar-refractivity contribution in [3.8, 4) is 22.8 Å². The Balaban J connectivity index is 1.28. The number of methoxy groups -OCH3 is 2. The standard InChI is InChI=1S/C37H33ClFN5O3/c1-23-24(2)44(20-25-9-6-5-7-10-25)33-15-13-27(17-29(23)33)37(45)41-40-19-28-21-43(22-30-31(38)11-8-12-32(30)39)42-36(28)26-14-16-34(46-3)35(18-26)47-4/h5-19,21H,20,22H2,1-4H3,(H,41,45). The van der Waals surface area contributed by atoms with E-state index in [9.17, 15) is 9.18 Å². The van der Waals surface area contributed by atoms with Crippen molar-refractivity contribution < 1.29 is 18.7 Å². The second-order valence-electron chi connectivity index (χ2n) is 11.1. The van der Waals surface area contributed by atoms with Gasteiger partial charge in [0.1, 0.15) is 11.5 Å². The van der Waals surface area contributed by atoms with Crippen LogP contribution in [0.3, 0.4) is 0 Å². The molecule has 10 heteroatoms. The fourth-order valence-electron chi connectivity index (χ4n) is 5.65. The van der Waals surface area contributed by atoms with Gasteiger partial charge in [-0.15, -0.1) is 0 Å². The zero-order chi connectivity index (χ0) is 33.1. The molecule has 1 amide bonds. The number of carbonyl (C=O) groups excluding carboxylic acids is 1. The lowest BCUT2D eigenvalue weighted by Crippen LogP contribution is -2.17. The van der Waals surface area contributed by atoms with Crippen molar-refractivity contribution in [3.05, 3.63) is 135 Å². The maximum atomic E-state index is 14.6. The minimum absolute atomic E-state index is 0.0920. The van der Waals surface area contributed by atoms with E-state index in [2.05, 4.69) is 41.1 Å². The molecule has 0 radical (unpaired) electrons. The second-order valence-corrected chi connectivity index (χ2v) is 11.5. The van der Waals surface area contributed by atoms with E-state index >= 15 is 0 Å². The third-order valence-electron chi connectivity index (χ3n) is 8.28. The SMILES string of the molecule is COc1ccc(-c2nn(Cc3c(F)cccc3Cl)cc2C=NNC(=O)c2ccc3c(c2)c(C)c(C)n3Cc2ccccc2)cc1OC. The van der Waals surface area contributed by atoms with Crippen LogP contribution in [0.25, 0.3) is 22.2 Å². The summed E-state index contributed by atoms with van der Waals surface area (Å²) in [5.41, 5.74) is 9.83. The van der Waals surface area contributed by atoms with E-state index in [1.54, 1.807) is 55.4 Å². The molecule has 0 saturated carbocycles. The molecule has 0 fully saturated rings. The van der Waals surface area contributed by atoms with Gasteiger partial charge in [-0.1, -0.05) is 48.0 Å². The topological polar surface area (TPSA) is 82.7 Å². The number of ether oxygens (including phenoxy) is 2. The maximum Gasteiger partial charge on any atom is 0.271 e. The fraction of sp³-hybridized carbons (Fsp3) is 0.162. The molecule has 0 aliphatic carbocycles. The number of amides is 1. The molecule has 0 aliphatic rings. The molecule has 1 N–H and O–H groups in total. The van der Waals surface area contributed by atoms with E-state index in [0.717, 1.165) is 28.7 Å². The highest BCUT2D eigenvalue weighted by atomic mass is 35.5. The second kappa shape index (κ2) is 13.5. The molecule has 6 aromatic rings. The molecule has 0 aliphatic heterocycles. The molecule has 6 rings (SSSR count). The molecule has 0 unspecified atom stereocenters. The van der Waals surface area contributed by atoms with Crippen molar-refractivity contribution in [1.29, 1.82) is 0 Å². The Morgan fingerprint density at radius 2 is 1.74 bits per heavy atom. The Labute approximate surface area is 277 Å². The van der Waals surface area contributed by atoms with Gasteiger partial charge in [0.2, 0.25) is 0 Å². The van der Waals surface area contributed by atoms with Gasteiger partial charge < -0.3 is 14.0 Å². The zero-order valence-electron chi connectivity index (χ0n) is 26.4. The highest BCUT2D eigenvalue weighted by molar-refractivity contribution is 6.31. The minimum atomic E-state index is -0.430. The summed E-state index contributed by atoms with van der Waals surface area (Å²) >= 11 is 6.30. The summed E-state index contributed by atoms with van der Waals surface area (Å²) in [5.74, 6) is 0.302. The first-order valence-corrected chi connectivity index (χ1v) is 15.3. The highest BCUT2D eigenvalue weighted by Crippen LogP contribution is 2.33. The van der Waals surface area contributed by atoms with Crippen molar-refractivity contribution in [2.24, 2.45) is 5.10 Å². The Hall–Kier alpha value is -5.41. The third kappa shape index (κ3) is 6.48. The molecular formula is C37H33ClFN5O3. The number of hydrazone groups is 1. The Morgan fingerprint density at radius 3 is 2.49 bits per heavy atom. The zero-order valence-corrected chi connectivity index (χ0v) is 27.2. The Kier molecular flexibility index (Phi) is 9.08. The molecule has 2 heterocycles. The average Bonchev–Trinajstić information content (AvgIpc) is 3.60. The van der Waals surface area contributed by atoms with Gasteiger partial charge in [-0.25, -0.2) is 9.82 Å². The van der Waals surface area contributed by atoms with E-state index in [0.29, 0.717) is 44.5 Å². The largest absolute Gasteiger partial charge is 0.493 e. The molecule has 0 atom stereocenters. The molecule has 8 nitrogen and oxygen atoms in total. The quantitative estimate of drug-likeness (QED) is 0.121. The first-order chi connectivity index (χ1) is 22.8. The number of carbonyl (C=O) groups is 1. The monoisotopic (exact) mass is 649 g/mol. The minimum Gasteiger partial charge on any atom is -0.493 e. The Morgan fingerprint density at radius 1 is 0.957 bits per heavy atom. The third-order valence-corrected chi connectivity index (χ3v) is 8.64. The molecule has 4 aromatic carbocycles. The van der Waals surface area contributed by atoms with Crippen LogP contribution in [-0.2, 0) is 13.1 Å². The van der Waals surface area contributed by atoms with Crippen LogP contribution in [0.4, 0.5) is 4.39 Å². The maximum absolute atomic E-state index is 14.6. The normalized spacial score (nSPS) is 11.4. The van der Waals surface area contributed by atoms with Crippen LogP contribution in [0.15, 0.2) is 96.2 Å². The van der Waals surface area contributed by atoms with Gasteiger partial charge in [0, 0.05) is 56.6 Å². The number of nitrogens with one attached hydrogen (secondary N) is 1. The van der Waals surface area contributed by atoms with Gasteiger partial charge >= 0.3 is 0 Å². The summed E-state index contributed by atoms with van der Waals surface area (Å²) in [5, 5.41) is 10.3. The van der Waals surface area contributed by atoms with Crippen LogP contribution in [-0.4, -0.2) is 40.7 Å². The summed E-state index contributed by atoms with van der Waals surface area (Å²) in [6.07, 6.45) is 3.23. The van der Waals surface area contributed by atoms with Gasteiger partial charge in [-0.3, -0.25) is 9.48 Å². The first-order valence-electron chi connectivity index (χ1n) is 15.0.